The minimum absolute atomic E-state index is 0.189. The molecule has 2 aliphatic rings. The molecule has 0 radical (unpaired) electrons. The van der Waals surface area contributed by atoms with E-state index in [-0.39, 0.29) is 11.3 Å². The van der Waals surface area contributed by atoms with Crippen LogP contribution in [0.25, 0.3) is 0 Å². The molecule has 0 saturated heterocycles. The molecule has 0 aromatic heterocycles. The van der Waals surface area contributed by atoms with Crippen molar-refractivity contribution in [3.63, 3.8) is 0 Å². The molecule has 1 unspecified atom stereocenters. The van der Waals surface area contributed by atoms with Crippen molar-refractivity contribution in [1.29, 1.82) is 0 Å². The summed E-state index contributed by atoms with van der Waals surface area (Å²) in [5.74, 6) is 0.189. The topological polar surface area (TPSA) is 41.1 Å². The monoisotopic (exact) mass is 286 g/mol. The molecular formula is C18H26N2O. The molecule has 1 amide bonds. The van der Waals surface area contributed by atoms with Gasteiger partial charge in [-0.25, -0.2) is 0 Å². The van der Waals surface area contributed by atoms with Crippen LogP contribution in [0.15, 0.2) is 24.3 Å². The summed E-state index contributed by atoms with van der Waals surface area (Å²) in [5.41, 5.74) is 3.13. The molecule has 21 heavy (non-hydrogen) atoms. The van der Waals surface area contributed by atoms with Crippen LogP contribution in [0.3, 0.4) is 0 Å². The van der Waals surface area contributed by atoms with Gasteiger partial charge in [-0.2, -0.15) is 0 Å². The third-order valence-electron chi connectivity index (χ3n) is 4.81. The summed E-state index contributed by atoms with van der Waals surface area (Å²) in [6.07, 6.45) is 5.23. The Morgan fingerprint density at radius 1 is 1.24 bits per heavy atom. The van der Waals surface area contributed by atoms with Crippen LogP contribution < -0.4 is 10.6 Å². The molecule has 1 aromatic rings. The second-order valence-electron chi connectivity index (χ2n) is 7.11. The SMILES string of the molecule is CC1(C)CCC(NCCC(=O)NC2CC2)c2ccccc21. The fourth-order valence-electron chi connectivity index (χ4n) is 3.31. The largest absolute Gasteiger partial charge is 0.353 e. The Labute approximate surface area is 127 Å². The summed E-state index contributed by atoms with van der Waals surface area (Å²) in [5, 5.41) is 6.62. The van der Waals surface area contributed by atoms with E-state index in [1.807, 2.05) is 0 Å². The van der Waals surface area contributed by atoms with Gasteiger partial charge >= 0.3 is 0 Å². The van der Waals surface area contributed by atoms with Gasteiger partial charge in [0.1, 0.15) is 0 Å². The van der Waals surface area contributed by atoms with Crippen LogP contribution in [-0.2, 0) is 10.2 Å². The van der Waals surface area contributed by atoms with Crippen molar-refractivity contribution in [3.05, 3.63) is 35.4 Å². The number of carbonyl (C=O) groups is 1. The zero-order chi connectivity index (χ0) is 14.9. The zero-order valence-electron chi connectivity index (χ0n) is 13.1. The van der Waals surface area contributed by atoms with E-state index < -0.39 is 0 Å². The van der Waals surface area contributed by atoms with Crippen LogP contribution in [-0.4, -0.2) is 18.5 Å². The number of amides is 1. The van der Waals surface area contributed by atoms with Gasteiger partial charge in [0.05, 0.1) is 0 Å². The van der Waals surface area contributed by atoms with Gasteiger partial charge in [-0.3, -0.25) is 4.79 Å². The highest BCUT2D eigenvalue weighted by atomic mass is 16.1. The van der Waals surface area contributed by atoms with Crippen molar-refractivity contribution in [3.8, 4) is 0 Å². The van der Waals surface area contributed by atoms with E-state index in [9.17, 15) is 4.79 Å². The maximum Gasteiger partial charge on any atom is 0.221 e. The Bertz CT molecular complexity index is 520. The van der Waals surface area contributed by atoms with E-state index in [2.05, 4.69) is 48.7 Å². The fourth-order valence-corrected chi connectivity index (χ4v) is 3.31. The van der Waals surface area contributed by atoms with Crippen LogP contribution >= 0.6 is 0 Å². The molecule has 1 saturated carbocycles. The quantitative estimate of drug-likeness (QED) is 0.873. The number of carbonyl (C=O) groups excluding carboxylic acids is 1. The molecule has 1 aromatic carbocycles. The van der Waals surface area contributed by atoms with E-state index in [0.29, 0.717) is 18.5 Å². The van der Waals surface area contributed by atoms with Crippen LogP contribution in [0.1, 0.15) is 63.1 Å². The predicted octanol–water partition coefficient (Wildman–Crippen LogP) is 3.06. The average molecular weight is 286 g/mol. The lowest BCUT2D eigenvalue weighted by atomic mass is 9.71. The summed E-state index contributed by atoms with van der Waals surface area (Å²) in [7, 11) is 0. The Kier molecular flexibility index (Phi) is 4.03. The Morgan fingerprint density at radius 3 is 2.76 bits per heavy atom. The molecule has 0 heterocycles. The van der Waals surface area contributed by atoms with Gasteiger partial charge in [-0.15, -0.1) is 0 Å². The number of fused-ring (bicyclic) bond motifs is 1. The van der Waals surface area contributed by atoms with Crippen molar-refractivity contribution in [2.45, 2.75) is 63.5 Å². The molecule has 2 N–H and O–H groups in total. The Balaban J connectivity index is 1.57. The van der Waals surface area contributed by atoms with Gasteiger partial charge in [0.2, 0.25) is 5.91 Å². The average Bonchev–Trinajstić information content (AvgIpc) is 3.26. The Hall–Kier alpha value is -1.35. The van der Waals surface area contributed by atoms with Crippen LogP contribution in [0.2, 0.25) is 0 Å². The van der Waals surface area contributed by atoms with Gasteiger partial charge in [-0.1, -0.05) is 38.1 Å². The summed E-state index contributed by atoms with van der Waals surface area (Å²) in [6.45, 7) is 5.41. The fraction of sp³-hybridized carbons (Fsp3) is 0.611. The maximum atomic E-state index is 11.7. The van der Waals surface area contributed by atoms with E-state index in [0.717, 1.165) is 25.8 Å². The molecule has 3 heteroatoms. The maximum absolute atomic E-state index is 11.7. The smallest absolute Gasteiger partial charge is 0.221 e. The standard InChI is InChI=1S/C18H26N2O/c1-18(2)11-9-16(14-5-3-4-6-15(14)18)19-12-10-17(21)20-13-7-8-13/h3-6,13,16,19H,7-12H2,1-2H3,(H,20,21). The second kappa shape index (κ2) is 5.80. The molecule has 1 atom stereocenters. The lowest BCUT2D eigenvalue weighted by Gasteiger charge is -2.37. The van der Waals surface area contributed by atoms with Crippen LogP contribution in [0.4, 0.5) is 0 Å². The number of hydrogen-bond donors (Lipinski definition) is 2. The van der Waals surface area contributed by atoms with Crippen molar-refractivity contribution in [2.24, 2.45) is 0 Å². The predicted molar refractivity (Wildman–Crippen MR) is 85.2 cm³/mol. The van der Waals surface area contributed by atoms with Gasteiger partial charge in [0.15, 0.2) is 0 Å². The first kappa shape index (κ1) is 14.6. The third-order valence-corrected chi connectivity index (χ3v) is 4.81. The lowest BCUT2D eigenvalue weighted by molar-refractivity contribution is -0.121. The number of nitrogens with one attached hydrogen (secondary N) is 2. The van der Waals surface area contributed by atoms with Crippen LogP contribution in [0.5, 0.6) is 0 Å². The van der Waals surface area contributed by atoms with Crippen LogP contribution in [0, 0.1) is 0 Å². The third kappa shape index (κ3) is 3.46. The van der Waals surface area contributed by atoms with E-state index >= 15 is 0 Å². The normalized spacial score (nSPS) is 23.4. The molecular weight excluding hydrogens is 260 g/mol. The summed E-state index contributed by atoms with van der Waals surface area (Å²) in [4.78, 5) is 11.7. The van der Waals surface area contributed by atoms with Crippen molar-refractivity contribution < 1.29 is 4.79 Å². The summed E-state index contributed by atoms with van der Waals surface area (Å²) < 4.78 is 0. The molecule has 2 aliphatic carbocycles. The first-order chi connectivity index (χ1) is 10.1. The first-order valence-corrected chi connectivity index (χ1v) is 8.18. The number of benzene rings is 1. The van der Waals surface area contributed by atoms with E-state index in [4.69, 9.17) is 0 Å². The van der Waals surface area contributed by atoms with E-state index in [1.54, 1.807) is 0 Å². The zero-order valence-corrected chi connectivity index (χ0v) is 13.1. The van der Waals surface area contributed by atoms with Crippen molar-refractivity contribution >= 4 is 5.91 Å². The molecule has 3 nitrogen and oxygen atoms in total. The molecule has 0 spiro atoms. The van der Waals surface area contributed by atoms with Gasteiger partial charge in [0, 0.05) is 25.0 Å². The molecule has 3 rings (SSSR count). The first-order valence-electron chi connectivity index (χ1n) is 8.18. The molecule has 114 valence electrons. The molecule has 0 bridgehead atoms. The van der Waals surface area contributed by atoms with Crippen molar-refractivity contribution in [2.75, 3.05) is 6.54 Å². The van der Waals surface area contributed by atoms with Gasteiger partial charge in [-0.05, 0) is 42.2 Å². The summed E-state index contributed by atoms with van der Waals surface area (Å²) >= 11 is 0. The van der Waals surface area contributed by atoms with Gasteiger partial charge < -0.3 is 10.6 Å². The van der Waals surface area contributed by atoms with E-state index in [1.165, 1.54) is 17.5 Å². The minimum Gasteiger partial charge on any atom is -0.353 e. The van der Waals surface area contributed by atoms with Gasteiger partial charge in [0.25, 0.3) is 0 Å². The highest BCUT2D eigenvalue weighted by Crippen LogP contribution is 2.41. The van der Waals surface area contributed by atoms with Crippen molar-refractivity contribution in [1.82, 2.24) is 10.6 Å². The molecule has 1 fully saturated rings. The minimum atomic E-state index is 0.189. The highest BCUT2D eigenvalue weighted by molar-refractivity contribution is 5.76. The number of hydrogen-bond acceptors (Lipinski definition) is 2. The Morgan fingerprint density at radius 2 is 2.00 bits per heavy atom. The lowest BCUT2D eigenvalue weighted by Crippen LogP contribution is -2.35. The second-order valence-corrected chi connectivity index (χ2v) is 7.11. The number of rotatable bonds is 5. The molecule has 0 aliphatic heterocycles. The summed E-state index contributed by atoms with van der Waals surface area (Å²) in [6, 6.07) is 9.60. The highest BCUT2D eigenvalue weighted by Gasteiger charge is 2.32.